The molecule has 8 nitrogen and oxygen atoms in total. The minimum atomic E-state index is -0.561. The molecule has 1 unspecified atom stereocenters. The van der Waals surface area contributed by atoms with E-state index in [2.05, 4.69) is 39.5 Å². The Kier molecular flexibility index (Phi) is 6.99. The topological polar surface area (TPSA) is 96.4 Å². The average molecular weight is 427 g/mol. The number of hydrogen-bond donors (Lipinski definition) is 2. The fourth-order valence-corrected chi connectivity index (χ4v) is 4.35. The largest absolute Gasteiger partial charge is 0.376 e. The van der Waals surface area contributed by atoms with Crippen LogP contribution in [0.15, 0.2) is 46.1 Å². The summed E-state index contributed by atoms with van der Waals surface area (Å²) in [6.45, 7) is 4.27. The summed E-state index contributed by atoms with van der Waals surface area (Å²) in [6, 6.07) is 10.4. The van der Waals surface area contributed by atoms with Crippen molar-refractivity contribution in [2.45, 2.75) is 44.9 Å². The molecule has 3 heterocycles. The number of carbonyl (C=O) groups is 1. The summed E-state index contributed by atoms with van der Waals surface area (Å²) >= 11 is 0. The van der Waals surface area contributed by atoms with Crippen LogP contribution in [-0.2, 0) is 17.8 Å². The first-order chi connectivity index (χ1) is 15.1. The van der Waals surface area contributed by atoms with Crippen LogP contribution in [0.5, 0.6) is 0 Å². The molecule has 166 valence electrons. The van der Waals surface area contributed by atoms with Gasteiger partial charge in [0.25, 0.3) is 11.5 Å². The third-order valence-electron chi connectivity index (χ3n) is 6.22. The molecule has 2 aliphatic rings. The van der Waals surface area contributed by atoms with Gasteiger partial charge in [0.15, 0.2) is 0 Å². The van der Waals surface area contributed by atoms with Crippen LogP contribution in [0.1, 0.15) is 41.6 Å². The van der Waals surface area contributed by atoms with E-state index < -0.39 is 17.2 Å². The van der Waals surface area contributed by atoms with Crippen molar-refractivity contribution >= 4 is 5.91 Å². The lowest BCUT2D eigenvalue weighted by atomic mass is 9.96. The monoisotopic (exact) mass is 426 g/mol. The molecule has 31 heavy (non-hydrogen) atoms. The second kappa shape index (κ2) is 10.1. The summed E-state index contributed by atoms with van der Waals surface area (Å²) in [6.07, 6.45) is 4.80. The predicted molar refractivity (Wildman–Crippen MR) is 117 cm³/mol. The van der Waals surface area contributed by atoms with E-state index in [1.807, 2.05) is 6.07 Å². The number of benzene rings is 1. The lowest BCUT2D eigenvalue weighted by Gasteiger charge is -2.32. The van der Waals surface area contributed by atoms with E-state index in [-0.39, 0.29) is 18.2 Å². The first-order valence-corrected chi connectivity index (χ1v) is 11.1. The van der Waals surface area contributed by atoms with Crippen molar-refractivity contribution in [2.24, 2.45) is 5.92 Å². The average Bonchev–Trinajstić information content (AvgIpc) is 3.30. The van der Waals surface area contributed by atoms with Crippen LogP contribution in [-0.4, -0.2) is 52.7 Å². The molecule has 0 radical (unpaired) electrons. The number of H-pyrrole nitrogens is 1. The summed E-state index contributed by atoms with van der Waals surface area (Å²) in [5, 5.41) is 2.89. The molecule has 0 saturated carbocycles. The minimum Gasteiger partial charge on any atom is -0.376 e. The van der Waals surface area contributed by atoms with E-state index in [9.17, 15) is 14.4 Å². The quantitative estimate of drug-likeness (QED) is 0.697. The number of hydrogen-bond acceptors (Lipinski definition) is 5. The third kappa shape index (κ3) is 5.51. The Morgan fingerprint density at radius 2 is 1.90 bits per heavy atom. The van der Waals surface area contributed by atoms with E-state index in [1.165, 1.54) is 11.8 Å². The fourth-order valence-electron chi connectivity index (χ4n) is 4.35. The van der Waals surface area contributed by atoms with Crippen LogP contribution < -0.4 is 16.6 Å². The van der Waals surface area contributed by atoms with Gasteiger partial charge in [-0.15, -0.1) is 0 Å². The molecule has 2 saturated heterocycles. The number of nitrogens with one attached hydrogen (secondary N) is 2. The van der Waals surface area contributed by atoms with Gasteiger partial charge in [-0.1, -0.05) is 30.3 Å². The number of nitrogens with zero attached hydrogens (tertiary/aromatic N) is 2. The van der Waals surface area contributed by atoms with E-state index >= 15 is 0 Å². The lowest BCUT2D eigenvalue weighted by molar-refractivity contribution is 0.0912. The lowest BCUT2D eigenvalue weighted by Crippen LogP contribution is -2.44. The Morgan fingerprint density at radius 3 is 2.61 bits per heavy atom. The second-order valence-corrected chi connectivity index (χ2v) is 8.47. The van der Waals surface area contributed by atoms with Crippen molar-refractivity contribution in [2.75, 3.05) is 26.2 Å². The van der Waals surface area contributed by atoms with Gasteiger partial charge in [0.05, 0.1) is 12.6 Å². The van der Waals surface area contributed by atoms with Gasteiger partial charge in [-0.3, -0.25) is 19.1 Å². The standard InChI is InChI=1S/C23H30N4O4/c28-21(20-14-25-23(30)27(22(20)29)16-19-7-4-12-31-19)24-13-17-8-10-26(11-9-17)15-18-5-2-1-3-6-18/h1-3,5-6,14,17,19H,4,7-13,15-16H2,(H,24,28)(H,25,30). The third-order valence-corrected chi connectivity index (χ3v) is 6.22. The molecule has 2 aliphatic heterocycles. The van der Waals surface area contributed by atoms with Crippen molar-refractivity contribution in [3.05, 3.63) is 68.5 Å². The zero-order valence-corrected chi connectivity index (χ0v) is 17.7. The molecule has 1 amide bonds. The van der Waals surface area contributed by atoms with Gasteiger partial charge < -0.3 is 15.0 Å². The van der Waals surface area contributed by atoms with Crippen LogP contribution >= 0.6 is 0 Å². The number of aromatic amines is 1. The maximum Gasteiger partial charge on any atom is 0.328 e. The van der Waals surface area contributed by atoms with Gasteiger partial charge >= 0.3 is 5.69 Å². The molecular formula is C23H30N4O4. The normalized spacial score (nSPS) is 20.1. The highest BCUT2D eigenvalue weighted by Crippen LogP contribution is 2.18. The number of aromatic nitrogens is 2. The van der Waals surface area contributed by atoms with E-state index in [0.29, 0.717) is 19.1 Å². The van der Waals surface area contributed by atoms with Crippen LogP contribution in [0.3, 0.4) is 0 Å². The minimum absolute atomic E-state index is 0.0286. The van der Waals surface area contributed by atoms with Crippen molar-refractivity contribution in [1.29, 1.82) is 0 Å². The van der Waals surface area contributed by atoms with Gasteiger partial charge in [0.1, 0.15) is 5.56 Å². The Bertz CT molecular complexity index is 987. The molecular weight excluding hydrogens is 396 g/mol. The van der Waals surface area contributed by atoms with Crippen LogP contribution in [0.25, 0.3) is 0 Å². The fraction of sp³-hybridized carbons (Fsp3) is 0.522. The Labute approximate surface area is 181 Å². The smallest absolute Gasteiger partial charge is 0.328 e. The van der Waals surface area contributed by atoms with E-state index in [0.717, 1.165) is 49.9 Å². The predicted octanol–water partition coefficient (Wildman–Crippen LogP) is 1.36. The zero-order chi connectivity index (χ0) is 21.6. The van der Waals surface area contributed by atoms with Crippen molar-refractivity contribution < 1.29 is 9.53 Å². The molecule has 1 atom stereocenters. The summed E-state index contributed by atoms with van der Waals surface area (Å²) in [4.78, 5) is 42.4. The van der Waals surface area contributed by atoms with E-state index in [4.69, 9.17) is 4.74 Å². The Balaban J connectivity index is 1.29. The Hall–Kier alpha value is -2.71. The molecule has 1 aromatic heterocycles. The van der Waals surface area contributed by atoms with E-state index in [1.54, 1.807) is 0 Å². The molecule has 0 spiro atoms. The van der Waals surface area contributed by atoms with Gasteiger partial charge in [0, 0.05) is 25.9 Å². The highest BCUT2D eigenvalue weighted by molar-refractivity contribution is 5.93. The maximum absolute atomic E-state index is 12.7. The number of ether oxygens (including phenoxy) is 1. The number of amides is 1. The summed E-state index contributed by atoms with van der Waals surface area (Å²) in [5.41, 5.74) is 0.211. The van der Waals surface area contributed by atoms with Crippen molar-refractivity contribution in [3.63, 3.8) is 0 Å². The second-order valence-electron chi connectivity index (χ2n) is 8.47. The van der Waals surface area contributed by atoms with Gasteiger partial charge in [-0.2, -0.15) is 0 Å². The van der Waals surface area contributed by atoms with Gasteiger partial charge in [-0.25, -0.2) is 4.79 Å². The number of rotatable bonds is 7. The highest BCUT2D eigenvalue weighted by atomic mass is 16.5. The first-order valence-electron chi connectivity index (χ1n) is 11.1. The summed E-state index contributed by atoms with van der Waals surface area (Å²) in [7, 11) is 0. The van der Waals surface area contributed by atoms with Crippen molar-refractivity contribution in [3.8, 4) is 0 Å². The van der Waals surface area contributed by atoms with Gasteiger partial charge in [0.2, 0.25) is 0 Å². The molecule has 4 rings (SSSR count). The molecule has 2 fully saturated rings. The van der Waals surface area contributed by atoms with Crippen LogP contribution in [0.4, 0.5) is 0 Å². The number of likely N-dealkylation sites (tertiary alicyclic amines) is 1. The molecule has 2 N–H and O–H groups in total. The first kappa shape index (κ1) is 21.5. The number of piperidine rings is 1. The molecule has 0 aliphatic carbocycles. The zero-order valence-electron chi connectivity index (χ0n) is 17.7. The molecule has 8 heteroatoms. The summed E-state index contributed by atoms with van der Waals surface area (Å²) in [5.74, 6) is -0.0538. The molecule has 1 aromatic carbocycles. The molecule has 0 bridgehead atoms. The van der Waals surface area contributed by atoms with Crippen LogP contribution in [0, 0.1) is 5.92 Å². The number of carbonyl (C=O) groups excluding carboxylic acids is 1. The maximum atomic E-state index is 12.7. The Morgan fingerprint density at radius 1 is 1.13 bits per heavy atom. The van der Waals surface area contributed by atoms with Gasteiger partial charge in [-0.05, 0) is 50.3 Å². The SMILES string of the molecule is O=C(NCC1CCN(Cc2ccccc2)CC1)c1c[nH]c(=O)n(CC2CCCO2)c1=O. The molecule has 2 aromatic rings. The van der Waals surface area contributed by atoms with Crippen LogP contribution in [0.2, 0.25) is 0 Å². The summed E-state index contributed by atoms with van der Waals surface area (Å²) < 4.78 is 6.60. The highest BCUT2D eigenvalue weighted by Gasteiger charge is 2.23. The van der Waals surface area contributed by atoms with Crippen molar-refractivity contribution in [1.82, 2.24) is 19.8 Å².